The third-order valence-corrected chi connectivity index (χ3v) is 2.65. The van der Waals surface area contributed by atoms with Gasteiger partial charge in [-0.1, -0.05) is 41.0 Å². The van der Waals surface area contributed by atoms with E-state index in [1.54, 1.807) is 48.5 Å². The topological polar surface area (TPSA) is 79.8 Å². The number of oxime groups is 1. The normalized spacial score (nSPS) is 10.2. The van der Waals surface area contributed by atoms with Crippen LogP contribution in [0, 0.1) is 0 Å². The monoisotopic (exact) mass is 317 g/mol. The lowest BCUT2D eigenvalue weighted by atomic mass is 10.3. The number of amides is 2. The first kappa shape index (κ1) is 15.5. The SMILES string of the molecule is O=C(/C=N/OC(=O)Nc1cccc(Cl)c1)Nc1ccccc1. The molecule has 0 aromatic heterocycles. The number of anilines is 2. The van der Waals surface area contributed by atoms with Gasteiger partial charge in [0.2, 0.25) is 0 Å². The average molecular weight is 318 g/mol. The van der Waals surface area contributed by atoms with Crippen molar-refractivity contribution >= 4 is 41.2 Å². The largest absolute Gasteiger partial charge is 0.437 e. The fourth-order valence-electron chi connectivity index (χ4n) is 1.53. The molecule has 22 heavy (non-hydrogen) atoms. The van der Waals surface area contributed by atoms with Crippen molar-refractivity contribution in [2.45, 2.75) is 0 Å². The lowest BCUT2D eigenvalue weighted by Gasteiger charge is -2.02. The van der Waals surface area contributed by atoms with Crippen molar-refractivity contribution in [2.24, 2.45) is 5.16 Å². The summed E-state index contributed by atoms with van der Waals surface area (Å²) in [5.74, 6) is -0.512. The van der Waals surface area contributed by atoms with Gasteiger partial charge in [0.25, 0.3) is 5.91 Å². The molecule has 0 saturated carbocycles. The standard InChI is InChI=1S/C15H12ClN3O3/c16-11-5-4-8-13(9-11)19-15(21)22-17-10-14(20)18-12-6-2-1-3-7-12/h1-10H,(H,18,20)(H,19,21)/b17-10+. The molecule has 0 saturated heterocycles. The van der Waals surface area contributed by atoms with Gasteiger partial charge in [-0.2, -0.15) is 0 Å². The molecule has 0 spiro atoms. The zero-order valence-electron chi connectivity index (χ0n) is 11.3. The summed E-state index contributed by atoms with van der Waals surface area (Å²) in [4.78, 5) is 27.5. The molecule has 0 atom stereocenters. The third kappa shape index (κ3) is 5.26. The van der Waals surface area contributed by atoms with E-state index in [9.17, 15) is 9.59 Å². The lowest BCUT2D eigenvalue weighted by Crippen LogP contribution is -2.15. The summed E-state index contributed by atoms with van der Waals surface area (Å²) in [6, 6.07) is 15.4. The van der Waals surface area contributed by atoms with Crippen LogP contribution in [0.15, 0.2) is 59.8 Å². The zero-order valence-corrected chi connectivity index (χ0v) is 12.1. The number of nitrogens with zero attached hydrogens (tertiary/aromatic N) is 1. The quantitative estimate of drug-likeness (QED) is 0.514. The molecule has 112 valence electrons. The Labute approximate surface area is 131 Å². The van der Waals surface area contributed by atoms with E-state index in [4.69, 9.17) is 11.6 Å². The van der Waals surface area contributed by atoms with E-state index in [0.717, 1.165) is 6.21 Å². The molecule has 2 N–H and O–H groups in total. The van der Waals surface area contributed by atoms with E-state index < -0.39 is 12.0 Å². The van der Waals surface area contributed by atoms with Crippen molar-refractivity contribution in [1.82, 2.24) is 0 Å². The van der Waals surface area contributed by atoms with Crippen molar-refractivity contribution < 1.29 is 14.4 Å². The Hall–Kier alpha value is -2.86. The van der Waals surface area contributed by atoms with E-state index in [1.165, 1.54) is 0 Å². The van der Waals surface area contributed by atoms with Crippen molar-refractivity contribution in [3.8, 4) is 0 Å². The van der Waals surface area contributed by atoms with Gasteiger partial charge in [0.15, 0.2) is 0 Å². The number of hydrogen-bond donors (Lipinski definition) is 2. The molecule has 0 unspecified atom stereocenters. The first-order valence-corrected chi connectivity index (χ1v) is 6.64. The minimum Gasteiger partial charge on any atom is -0.321 e. The van der Waals surface area contributed by atoms with Gasteiger partial charge in [0.1, 0.15) is 6.21 Å². The van der Waals surface area contributed by atoms with Gasteiger partial charge in [-0.15, -0.1) is 0 Å². The summed E-state index contributed by atoms with van der Waals surface area (Å²) in [6.45, 7) is 0. The van der Waals surface area contributed by atoms with Gasteiger partial charge in [-0.3, -0.25) is 14.9 Å². The van der Waals surface area contributed by atoms with Crippen LogP contribution < -0.4 is 10.6 Å². The van der Waals surface area contributed by atoms with E-state index in [-0.39, 0.29) is 0 Å². The summed E-state index contributed by atoms with van der Waals surface area (Å²) in [5.41, 5.74) is 1.07. The Kier molecular flexibility index (Phi) is 5.50. The first-order valence-electron chi connectivity index (χ1n) is 6.26. The molecule has 7 heteroatoms. The predicted octanol–water partition coefficient (Wildman–Crippen LogP) is 3.51. The average Bonchev–Trinajstić information content (AvgIpc) is 2.48. The Morgan fingerprint density at radius 1 is 1.00 bits per heavy atom. The highest BCUT2D eigenvalue weighted by molar-refractivity contribution is 6.31. The van der Waals surface area contributed by atoms with Crippen LogP contribution in [0.1, 0.15) is 0 Å². The Bertz CT molecular complexity index is 689. The molecule has 2 aromatic carbocycles. The molecule has 0 radical (unpaired) electrons. The summed E-state index contributed by atoms with van der Waals surface area (Å²) in [6.07, 6.45) is 0.0379. The molecular formula is C15H12ClN3O3. The molecule has 0 bridgehead atoms. The minimum absolute atomic E-state index is 0.460. The van der Waals surface area contributed by atoms with Crippen LogP contribution in [0.25, 0.3) is 0 Å². The number of hydrogen-bond acceptors (Lipinski definition) is 4. The highest BCUT2D eigenvalue weighted by Gasteiger charge is 2.03. The first-order chi connectivity index (χ1) is 10.6. The molecule has 2 amide bonds. The highest BCUT2D eigenvalue weighted by Crippen LogP contribution is 2.14. The molecule has 6 nitrogen and oxygen atoms in total. The van der Waals surface area contributed by atoms with Crippen molar-refractivity contribution in [3.63, 3.8) is 0 Å². The molecule has 0 aliphatic carbocycles. The van der Waals surface area contributed by atoms with Crippen molar-refractivity contribution in [3.05, 3.63) is 59.6 Å². The van der Waals surface area contributed by atoms with Crippen molar-refractivity contribution in [2.75, 3.05) is 10.6 Å². The number of carbonyl (C=O) groups is 2. The van der Waals surface area contributed by atoms with Gasteiger partial charge in [0.05, 0.1) is 0 Å². The summed E-state index contributed by atoms with van der Waals surface area (Å²) in [5, 5.41) is 8.75. The third-order valence-electron chi connectivity index (χ3n) is 2.42. The fourth-order valence-corrected chi connectivity index (χ4v) is 1.72. The van der Waals surface area contributed by atoms with Gasteiger partial charge < -0.3 is 5.32 Å². The number of carbonyl (C=O) groups excluding carboxylic acids is 2. The molecule has 0 heterocycles. The predicted molar refractivity (Wildman–Crippen MR) is 85.1 cm³/mol. The van der Waals surface area contributed by atoms with Gasteiger partial charge in [-0.05, 0) is 30.3 Å². The van der Waals surface area contributed by atoms with Crippen LogP contribution in [0.4, 0.5) is 16.2 Å². The van der Waals surface area contributed by atoms with Crippen molar-refractivity contribution in [1.29, 1.82) is 0 Å². The van der Waals surface area contributed by atoms with E-state index in [1.807, 2.05) is 6.07 Å². The molecule has 0 aliphatic heterocycles. The van der Waals surface area contributed by atoms with Crippen LogP contribution in [0.3, 0.4) is 0 Å². The zero-order chi connectivity index (χ0) is 15.8. The maximum atomic E-state index is 11.5. The number of para-hydroxylation sites is 1. The molecular weight excluding hydrogens is 306 g/mol. The molecule has 0 fully saturated rings. The number of rotatable bonds is 4. The van der Waals surface area contributed by atoms with E-state index >= 15 is 0 Å². The van der Waals surface area contributed by atoms with Gasteiger partial charge in [-0.25, -0.2) is 4.79 Å². The Morgan fingerprint density at radius 3 is 2.45 bits per heavy atom. The molecule has 2 rings (SSSR count). The van der Waals surface area contributed by atoms with Crippen LogP contribution in [0.5, 0.6) is 0 Å². The summed E-state index contributed by atoms with van der Waals surface area (Å²) in [7, 11) is 0. The Morgan fingerprint density at radius 2 is 1.73 bits per heavy atom. The van der Waals surface area contributed by atoms with Crippen LogP contribution in [-0.4, -0.2) is 18.2 Å². The van der Waals surface area contributed by atoms with Crippen LogP contribution >= 0.6 is 11.6 Å². The molecule has 2 aromatic rings. The number of benzene rings is 2. The second kappa shape index (κ2) is 7.80. The smallest absolute Gasteiger partial charge is 0.321 e. The second-order valence-electron chi connectivity index (χ2n) is 4.10. The molecule has 0 aliphatic rings. The second-order valence-corrected chi connectivity index (χ2v) is 4.54. The Balaban J connectivity index is 1.79. The van der Waals surface area contributed by atoms with Crippen LogP contribution in [0.2, 0.25) is 5.02 Å². The summed E-state index contributed by atoms with van der Waals surface area (Å²) >= 11 is 5.78. The fraction of sp³-hybridized carbons (Fsp3) is 0. The maximum absolute atomic E-state index is 11.5. The number of halogens is 1. The van der Waals surface area contributed by atoms with E-state index in [2.05, 4.69) is 20.6 Å². The number of nitrogens with one attached hydrogen (secondary N) is 2. The lowest BCUT2D eigenvalue weighted by molar-refractivity contribution is -0.110. The van der Waals surface area contributed by atoms with E-state index in [0.29, 0.717) is 16.4 Å². The van der Waals surface area contributed by atoms with Gasteiger partial charge >= 0.3 is 6.09 Å². The van der Waals surface area contributed by atoms with Crippen LogP contribution in [-0.2, 0) is 9.63 Å². The van der Waals surface area contributed by atoms with Gasteiger partial charge in [0, 0.05) is 16.4 Å². The minimum atomic E-state index is -0.828. The summed E-state index contributed by atoms with van der Waals surface area (Å²) < 4.78 is 0. The highest BCUT2D eigenvalue weighted by atomic mass is 35.5. The maximum Gasteiger partial charge on any atom is 0.437 e.